The molecule has 2 rings (SSSR count). The molecule has 17 heavy (non-hydrogen) atoms. The SMILES string of the molecule is CCC(C(=O)O)N1CCCC1c1cccnc1. The number of hydrogen-bond acceptors (Lipinski definition) is 3. The van der Waals surface area contributed by atoms with Crippen molar-refractivity contribution in [3.05, 3.63) is 30.1 Å². The second-order valence-electron chi connectivity index (χ2n) is 4.44. The van der Waals surface area contributed by atoms with E-state index in [4.69, 9.17) is 0 Å². The first-order valence-corrected chi connectivity index (χ1v) is 6.12. The highest BCUT2D eigenvalue weighted by Crippen LogP contribution is 2.33. The molecule has 0 spiro atoms. The maximum Gasteiger partial charge on any atom is 0.320 e. The zero-order valence-electron chi connectivity index (χ0n) is 10.0. The van der Waals surface area contributed by atoms with Gasteiger partial charge in [0.05, 0.1) is 0 Å². The Kier molecular flexibility index (Phi) is 3.74. The average Bonchev–Trinajstić information content (AvgIpc) is 2.80. The highest BCUT2D eigenvalue weighted by Gasteiger charge is 2.34. The predicted molar refractivity (Wildman–Crippen MR) is 64.6 cm³/mol. The zero-order valence-corrected chi connectivity index (χ0v) is 10.0. The topological polar surface area (TPSA) is 53.4 Å². The van der Waals surface area contributed by atoms with Crippen molar-refractivity contribution in [2.45, 2.75) is 38.3 Å². The summed E-state index contributed by atoms with van der Waals surface area (Å²) in [6, 6.07) is 3.78. The minimum Gasteiger partial charge on any atom is -0.480 e. The third-order valence-corrected chi connectivity index (χ3v) is 3.44. The summed E-state index contributed by atoms with van der Waals surface area (Å²) in [5.41, 5.74) is 1.13. The van der Waals surface area contributed by atoms with Crippen LogP contribution in [-0.2, 0) is 4.79 Å². The number of likely N-dealkylation sites (tertiary alicyclic amines) is 1. The Labute approximate surface area is 101 Å². The number of aliphatic carboxylic acids is 1. The van der Waals surface area contributed by atoms with Crippen molar-refractivity contribution in [3.8, 4) is 0 Å². The third kappa shape index (κ3) is 2.47. The number of aromatic nitrogens is 1. The molecule has 0 radical (unpaired) electrons. The maximum absolute atomic E-state index is 11.2. The van der Waals surface area contributed by atoms with Crippen LogP contribution >= 0.6 is 0 Å². The molecule has 0 saturated carbocycles. The first-order valence-electron chi connectivity index (χ1n) is 6.12. The van der Waals surface area contributed by atoms with Crippen molar-refractivity contribution in [2.24, 2.45) is 0 Å². The van der Waals surface area contributed by atoms with Crippen molar-refractivity contribution >= 4 is 5.97 Å². The van der Waals surface area contributed by atoms with Gasteiger partial charge >= 0.3 is 5.97 Å². The molecule has 92 valence electrons. The molecule has 1 aliphatic heterocycles. The molecule has 0 amide bonds. The molecule has 1 saturated heterocycles. The molecule has 1 N–H and O–H groups in total. The fraction of sp³-hybridized carbons (Fsp3) is 0.538. The van der Waals surface area contributed by atoms with E-state index in [1.165, 1.54) is 0 Å². The summed E-state index contributed by atoms with van der Waals surface area (Å²) in [5.74, 6) is -0.719. The van der Waals surface area contributed by atoms with Crippen LogP contribution in [0.5, 0.6) is 0 Å². The van der Waals surface area contributed by atoms with E-state index < -0.39 is 5.97 Å². The van der Waals surface area contributed by atoms with Gasteiger partial charge in [0, 0.05) is 18.4 Å². The average molecular weight is 234 g/mol. The smallest absolute Gasteiger partial charge is 0.320 e. The van der Waals surface area contributed by atoms with Crippen LogP contribution in [0.15, 0.2) is 24.5 Å². The van der Waals surface area contributed by atoms with Crippen molar-refractivity contribution in [1.29, 1.82) is 0 Å². The number of carboxylic acids is 1. The van der Waals surface area contributed by atoms with Gasteiger partial charge in [-0.3, -0.25) is 14.7 Å². The van der Waals surface area contributed by atoms with Crippen LogP contribution in [0.1, 0.15) is 37.8 Å². The Morgan fingerprint density at radius 2 is 2.53 bits per heavy atom. The van der Waals surface area contributed by atoms with Gasteiger partial charge in [-0.05, 0) is 37.4 Å². The molecule has 1 aliphatic rings. The summed E-state index contributed by atoms with van der Waals surface area (Å²) in [4.78, 5) is 17.5. The number of carbonyl (C=O) groups is 1. The van der Waals surface area contributed by atoms with Gasteiger partial charge in [-0.1, -0.05) is 13.0 Å². The lowest BCUT2D eigenvalue weighted by Gasteiger charge is -2.29. The van der Waals surface area contributed by atoms with Gasteiger partial charge in [-0.25, -0.2) is 0 Å². The van der Waals surface area contributed by atoms with Gasteiger partial charge in [0.2, 0.25) is 0 Å². The highest BCUT2D eigenvalue weighted by atomic mass is 16.4. The van der Waals surface area contributed by atoms with Crippen LogP contribution in [0.25, 0.3) is 0 Å². The summed E-state index contributed by atoms with van der Waals surface area (Å²) >= 11 is 0. The summed E-state index contributed by atoms with van der Waals surface area (Å²) in [6.45, 7) is 2.79. The van der Waals surface area contributed by atoms with E-state index in [1.54, 1.807) is 6.20 Å². The standard InChI is InChI=1S/C13H18N2O2/c1-2-11(13(16)17)15-8-4-6-12(15)10-5-3-7-14-9-10/h3,5,7,9,11-12H,2,4,6,8H2,1H3,(H,16,17). The van der Waals surface area contributed by atoms with Crippen LogP contribution in [0.4, 0.5) is 0 Å². The molecule has 4 heteroatoms. The second kappa shape index (κ2) is 5.27. The number of hydrogen-bond donors (Lipinski definition) is 1. The number of nitrogens with zero attached hydrogens (tertiary/aromatic N) is 2. The third-order valence-electron chi connectivity index (χ3n) is 3.44. The molecular formula is C13H18N2O2. The maximum atomic E-state index is 11.2. The monoisotopic (exact) mass is 234 g/mol. The molecule has 4 nitrogen and oxygen atoms in total. The molecular weight excluding hydrogens is 216 g/mol. The first-order chi connectivity index (χ1) is 8.24. The molecule has 1 fully saturated rings. The number of pyridine rings is 1. The van der Waals surface area contributed by atoms with Crippen molar-refractivity contribution < 1.29 is 9.90 Å². The largest absolute Gasteiger partial charge is 0.480 e. The van der Waals surface area contributed by atoms with Gasteiger partial charge in [0.1, 0.15) is 6.04 Å². The molecule has 2 atom stereocenters. The Morgan fingerprint density at radius 1 is 1.71 bits per heavy atom. The summed E-state index contributed by atoms with van der Waals surface area (Å²) in [7, 11) is 0. The molecule has 1 aromatic heterocycles. The molecule has 0 bridgehead atoms. The van der Waals surface area contributed by atoms with Crippen molar-refractivity contribution in [3.63, 3.8) is 0 Å². The van der Waals surface area contributed by atoms with E-state index in [2.05, 4.69) is 9.88 Å². The summed E-state index contributed by atoms with van der Waals surface area (Å²) in [6.07, 6.45) is 6.32. The first kappa shape index (κ1) is 12.0. The highest BCUT2D eigenvalue weighted by molar-refractivity contribution is 5.73. The summed E-state index contributed by atoms with van der Waals surface area (Å²) in [5, 5.41) is 9.24. The van der Waals surface area contributed by atoms with Crippen LogP contribution < -0.4 is 0 Å². The molecule has 0 aromatic carbocycles. The van der Waals surface area contributed by atoms with Crippen LogP contribution in [0.3, 0.4) is 0 Å². The van der Waals surface area contributed by atoms with Crippen LogP contribution in [0, 0.1) is 0 Å². The lowest BCUT2D eigenvalue weighted by atomic mass is 10.0. The van der Waals surface area contributed by atoms with E-state index in [0.29, 0.717) is 6.42 Å². The molecule has 2 unspecified atom stereocenters. The van der Waals surface area contributed by atoms with E-state index in [1.807, 2.05) is 25.3 Å². The quantitative estimate of drug-likeness (QED) is 0.866. The summed E-state index contributed by atoms with van der Waals surface area (Å²) < 4.78 is 0. The van der Waals surface area contributed by atoms with E-state index in [0.717, 1.165) is 24.9 Å². The van der Waals surface area contributed by atoms with E-state index >= 15 is 0 Å². The minimum absolute atomic E-state index is 0.213. The second-order valence-corrected chi connectivity index (χ2v) is 4.44. The molecule has 1 aromatic rings. The fourth-order valence-corrected chi connectivity index (χ4v) is 2.64. The fourth-order valence-electron chi connectivity index (χ4n) is 2.64. The van der Waals surface area contributed by atoms with Gasteiger partial charge < -0.3 is 5.11 Å². The van der Waals surface area contributed by atoms with Crippen LogP contribution in [0.2, 0.25) is 0 Å². The Balaban J connectivity index is 2.20. The minimum atomic E-state index is -0.719. The van der Waals surface area contributed by atoms with Gasteiger partial charge in [0.25, 0.3) is 0 Å². The Hall–Kier alpha value is -1.42. The lowest BCUT2D eigenvalue weighted by Crippen LogP contribution is -2.40. The lowest BCUT2D eigenvalue weighted by molar-refractivity contribution is -0.143. The Morgan fingerprint density at radius 3 is 3.12 bits per heavy atom. The number of carboxylic acid groups (broad SMARTS) is 1. The molecule has 0 aliphatic carbocycles. The van der Waals surface area contributed by atoms with E-state index in [9.17, 15) is 9.90 Å². The van der Waals surface area contributed by atoms with Gasteiger partial charge in [0.15, 0.2) is 0 Å². The van der Waals surface area contributed by atoms with Gasteiger partial charge in [-0.15, -0.1) is 0 Å². The van der Waals surface area contributed by atoms with Crippen molar-refractivity contribution in [2.75, 3.05) is 6.54 Å². The zero-order chi connectivity index (χ0) is 12.3. The predicted octanol–water partition coefficient (Wildman–Crippen LogP) is 2.08. The van der Waals surface area contributed by atoms with E-state index in [-0.39, 0.29) is 12.1 Å². The Bertz CT molecular complexity index is 380. The van der Waals surface area contributed by atoms with Gasteiger partial charge in [-0.2, -0.15) is 0 Å². The molecule has 2 heterocycles. The van der Waals surface area contributed by atoms with Crippen molar-refractivity contribution in [1.82, 2.24) is 9.88 Å². The normalized spacial score (nSPS) is 22.5. The van der Waals surface area contributed by atoms with Crippen LogP contribution in [-0.4, -0.2) is 33.5 Å². The number of rotatable bonds is 4.